The Morgan fingerprint density at radius 2 is 2.20 bits per heavy atom. The van der Waals surface area contributed by atoms with Crippen LogP contribution in [0, 0.1) is 11.2 Å². The molecule has 0 rings (SSSR count). The van der Waals surface area contributed by atoms with E-state index < -0.39 is 10.0 Å². The molecular weight excluding hydrogens is 178 g/mol. The van der Waals surface area contributed by atoms with Gasteiger partial charge in [0.05, 0.1) is 11.1 Å². The maximum absolute atomic E-state index is 10.4. The summed E-state index contributed by atoms with van der Waals surface area (Å²) in [5.74, 6) is 2.00. The predicted octanol–water partition coefficient (Wildman–Crippen LogP) is -0.738. The molecule has 0 aliphatic carbocycles. The number of carbonyl (C=O) groups excluding carboxylic acids is 1. The number of hydrogen-bond acceptors (Lipinski definition) is 3. The first-order chi connectivity index (χ1) is 4.62. The highest BCUT2D eigenvalue weighted by atomic mass is 35.5. The molecule has 0 aromatic rings. The van der Waals surface area contributed by atoms with E-state index >= 15 is 0 Å². The lowest BCUT2D eigenvalue weighted by atomic mass is 10.8. The number of nitrogens with one attached hydrogen (secondary N) is 1. The first-order valence-corrected chi connectivity index (χ1v) is 4.15. The van der Waals surface area contributed by atoms with E-state index in [0.717, 1.165) is 0 Å². The quantitative estimate of drug-likeness (QED) is 0.347. The van der Waals surface area contributed by atoms with Crippen LogP contribution in [0.5, 0.6) is 0 Å². The fourth-order valence-electron chi connectivity index (χ4n) is 0.215. The van der Waals surface area contributed by atoms with Gasteiger partial charge in [-0.15, -0.1) is 11.6 Å². The molecule has 0 atom stereocenters. The Morgan fingerprint density at radius 3 is 2.60 bits per heavy atom. The fraction of sp³-hybridized carbons (Fsp3) is 0.250. The van der Waals surface area contributed by atoms with Crippen molar-refractivity contribution in [1.29, 1.82) is 0 Å². The largest absolute Gasteiger partial charge is 0.303 e. The number of rotatable bonds is 2. The highest BCUT2D eigenvalue weighted by Crippen LogP contribution is 1.76. The monoisotopic (exact) mass is 181 g/mol. The van der Waals surface area contributed by atoms with Crippen molar-refractivity contribution in [2.45, 2.75) is 0 Å². The summed E-state index contributed by atoms with van der Waals surface area (Å²) < 4.78 is 22.3. The Labute approximate surface area is 63.6 Å². The van der Waals surface area contributed by atoms with Crippen LogP contribution in [-0.2, 0) is 14.8 Å². The van der Waals surface area contributed by atoms with Crippen molar-refractivity contribution < 1.29 is 13.2 Å². The molecule has 0 spiro atoms. The molecule has 0 fully saturated rings. The number of alkyl halides is 1. The van der Waals surface area contributed by atoms with E-state index in [1.54, 1.807) is 5.25 Å². The summed E-state index contributed by atoms with van der Waals surface area (Å²) in [6.45, 7) is 0. The van der Waals surface area contributed by atoms with Crippen molar-refractivity contribution in [3.05, 3.63) is 0 Å². The molecule has 0 saturated carbocycles. The number of halogens is 1. The van der Waals surface area contributed by atoms with Gasteiger partial charge in [-0.2, -0.15) is 8.42 Å². The van der Waals surface area contributed by atoms with Crippen LogP contribution in [0.3, 0.4) is 0 Å². The minimum atomic E-state index is -3.76. The molecule has 0 heterocycles. The molecule has 0 aromatic carbocycles. The fourth-order valence-corrected chi connectivity index (χ4v) is 0.809. The van der Waals surface area contributed by atoms with E-state index in [9.17, 15) is 13.2 Å². The highest BCUT2D eigenvalue weighted by molar-refractivity contribution is 7.94. The van der Waals surface area contributed by atoms with Crippen molar-refractivity contribution in [3.63, 3.8) is 0 Å². The molecule has 0 aromatic heterocycles. The molecule has 0 bridgehead atoms. The van der Waals surface area contributed by atoms with Gasteiger partial charge in [-0.05, 0) is 0 Å². The van der Waals surface area contributed by atoms with Crippen LogP contribution in [0.15, 0.2) is 0 Å². The Bertz CT molecular complexity index is 260. The maximum Gasteiger partial charge on any atom is 0.303 e. The van der Waals surface area contributed by atoms with Gasteiger partial charge in [0.1, 0.15) is 0 Å². The van der Waals surface area contributed by atoms with Gasteiger partial charge in [0.25, 0.3) is 0 Å². The highest BCUT2D eigenvalue weighted by Gasteiger charge is 1.99. The van der Waals surface area contributed by atoms with Crippen molar-refractivity contribution >= 4 is 28.0 Å². The maximum atomic E-state index is 10.4. The van der Waals surface area contributed by atoms with Gasteiger partial charge < -0.3 is 0 Å². The standard InChI is InChI=1S/C4H4ClNO3S/c5-2-1-3-10(8,9)6-4-7/h4H,2H2,(H,6,7). The third-order valence-electron chi connectivity index (χ3n) is 0.477. The van der Waals surface area contributed by atoms with E-state index in [-0.39, 0.29) is 12.3 Å². The molecule has 0 unspecified atom stereocenters. The van der Waals surface area contributed by atoms with Crippen molar-refractivity contribution in [2.75, 3.05) is 5.88 Å². The zero-order valence-electron chi connectivity index (χ0n) is 4.80. The van der Waals surface area contributed by atoms with Crippen LogP contribution in [0.1, 0.15) is 0 Å². The molecular formula is C4H4ClNO3S. The van der Waals surface area contributed by atoms with Crippen LogP contribution in [0.25, 0.3) is 0 Å². The minimum absolute atomic E-state index is 0.0399. The summed E-state index contributed by atoms with van der Waals surface area (Å²) in [6.07, 6.45) is 0.0399. The van der Waals surface area contributed by atoms with E-state index in [0.29, 0.717) is 0 Å². The second-order valence-electron chi connectivity index (χ2n) is 1.15. The molecule has 1 N–H and O–H groups in total. The summed E-state index contributed by atoms with van der Waals surface area (Å²) in [7, 11) is -3.76. The van der Waals surface area contributed by atoms with Gasteiger partial charge >= 0.3 is 10.0 Å². The smallest absolute Gasteiger partial charge is 0.278 e. The third kappa shape index (κ3) is 4.18. The van der Waals surface area contributed by atoms with Gasteiger partial charge in [0, 0.05) is 0 Å². The lowest BCUT2D eigenvalue weighted by molar-refractivity contribution is -0.108. The van der Waals surface area contributed by atoms with E-state index in [4.69, 9.17) is 11.6 Å². The normalized spacial score (nSPS) is 9.30. The van der Waals surface area contributed by atoms with Crippen LogP contribution in [0.2, 0.25) is 0 Å². The van der Waals surface area contributed by atoms with Gasteiger partial charge in [-0.1, -0.05) is 5.92 Å². The number of sulfonamides is 1. The molecule has 1 amide bonds. The number of carbonyl (C=O) groups is 1. The van der Waals surface area contributed by atoms with Crippen molar-refractivity contribution in [3.8, 4) is 11.2 Å². The lowest BCUT2D eigenvalue weighted by Gasteiger charge is -1.86. The Hall–Kier alpha value is -0.730. The predicted molar refractivity (Wildman–Crippen MR) is 36.6 cm³/mol. The van der Waals surface area contributed by atoms with Gasteiger partial charge in [-0.25, -0.2) is 4.72 Å². The van der Waals surface area contributed by atoms with Gasteiger partial charge in [-0.3, -0.25) is 4.79 Å². The zero-order chi connectivity index (χ0) is 8.04. The van der Waals surface area contributed by atoms with Crippen LogP contribution < -0.4 is 4.72 Å². The van der Waals surface area contributed by atoms with Crippen molar-refractivity contribution in [1.82, 2.24) is 4.72 Å². The van der Waals surface area contributed by atoms with E-state index in [1.807, 2.05) is 0 Å². The Morgan fingerprint density at radius 1 is 1.60 bits per heavy atom. The molecule has 4 nitrogen and oxygen atoms in total. The lowest BCUT2D eigenvalue weighted by Crippen LogP contribution is -2.19. The van der Waals surface area contributed by atoms with E-state index in [2.05, 4.69) is 5.92 Å². The second-order valence-corrected chi connectivity index (χ2v) is 2.87. The summed E-state index contributed by atoms with van der Waals surface area (Å²) in [5, 5.41) is 1.76. The average Bonchev–Trinajstić information content (AvgIpc) is 1.84. The van der Waals surface area contributed by atoms with Crippen LogP contribution >= 0.6 is 11.6 Å². The summed E-state index contributed by atoms with van der Waals surface area (Å²) in [6, 6.07) is 0. The first-order valence-electron chi connectivity index (χ1n) is 2.14. The van der Waals surface area contributed by atoms with Crippen LogP contribution in [0.4, 0.5) is 0 Å². The summed E-state index contributed by atoms with van der Waals surface area (Å²) in [5.41, 5.74) is 0. The Kier molecular flexibility index (Phi) is 3.84. The van der Waals surface area contributed by atoms with E-state index in [1.165, 1.54) is 4.72 Å². The second kappa shape index (κ2) is 4.14. The summed E-state index contributed by atoms with van der Waals surface area (Å²) in [4.78, 5) is 9.59. The molecule has 0 radical (unpaired) electrons. The van der Waals surface area contributed by atoms with Crippen LogP contribution in [-0.4, -0.2) is 20.7 Å². The number of amides is 1. The minimum Gasteiger partial charge on any atom is -0.278 e. The molecule has 6 heteroatoms. The molecule has 10 heavy (non-hydrogen) atoms. The molecule has 0 saturated heterocycles. The molecule has 56 valence electrons. The van der Waals surface area contributed by atoms with Crippen molar-refractivity contribution in [2.24, 2.45) is 0 Å². The van der Waals surface area contributed by atoms with Gasteiger partial charge in [0.15, 0.2) is 0 Å². The average molecular weight is 182 g/mol. The zero-order valence-corrected chi connectivity index (χ0v) is 6.37. The first kappa shape index (κ1) is 9.27. The topological polar surface area (TPSA) is 63.2 Å². The summed E-state index contributed by atoms with van der Waals surface area (Å²) >= 11 is 5.05. The number of hydrogen-bond donors (Lipinski definition) is 1. The van der Waals surface area contributed by atoms with Gasteiger partial charge in [0.2, 0.25) is 6.41 Å². The SMILES string of the molecule is O=CNS(=O)(=O)C#CCCl. The molecule has 0 aliphatic rings. The third-order valence-corrected chi connectivity index (χ3v) is 1.43. The molecule has 0 aliphatic heterocycles. The Balaban J connectivity index is 4.28.